The fourth-order valence-electron chi connectivity index (χ4n) is 1.85. The van der Waals surface area contributed by atoms with E-state index in [9.17, 15) is 8.78 Å². The van der Waals surface area contributed by atoms with Gasteiger partial charge in [0.2, 0.25) is 0 Å². The molecule has 0 spiro atoms. The molecule has 1 aliphatic carbocycles. The summed E-state index contributed by atoms with van der Waals surface area (Å²) in [6.45, 7) is 0.443. The van der Waals surface area contributed by atoms with E-state index in [2.05, 4.69) is 15.9 Å². The molecular weight excluding hydrogens is 266 g/mol. The van der Waals surface area contributed by atoms with Gasteiger partial charge in [-0.05, 0) is 12.8 Å². The minimum Gasteiger partial charge on any atom is -0.371 e. The number of ether oxygens (including phenoxy) is 1. The maximum absolute atomic E-state index is 12.6. The van der Waals surface area contributed by atoms with Crippen molar-refractivity contribution < 1.29 is 13.5 Å². The van der Waals surface area contributed by atoms with E-state index in [0.29, 0.717) is 0 Å². The van der Waals surface area contributed by atoms with Gasteiger partial charge in [0, 0.05) is 11.8 Å². The molecule has 2 atom stereocenters. The van der Waals surface area contributed by atoms with Gasteiger partial charge in [0.15, 0.2) is 0 Å². The Hall–Kier alpha value is 0.300. The summed E-state index contributed by atoms with van der Waals surface area (Å²) in [5, 5.41) is 0. The Bertz CT molecular complexity index is 182. The highest BCUT2D eigenvalue weighted by atomic mass is 79.9. The molecule has 0 aromatic carbocycles. The Balaban J connectivity index is 2.35. The monoisotopic (exact) mass is 284 g/mol. The van der Waals surface area contributed by atoms with Crippen LogP contribution < -0.4 is 0 Å². The number of rotatable bonds is 3. The minimum absolute atomic E-state index is 0.0453. The highest BCUT2D eigenvalue weighted by Gasteiger charge is 2.27. The third-order valence-corrected chi connectivity index (χ3v) is 3.72. The highest BCUT2D eigenvalue weighted by Crippen LogP contribution is 2.26. The van der Waals surface area contributed by atoms with Crippen LogP contribution in [0.15, 0.2) is 0 Å². The van der Waals surface area contributed by atoms with E-state index in [0.717, 1.165) is 32.6 Å². The summed E-state index contributed by atoms with van der Waals surface area (Å²) < 4.78 is 30.6. The topological polar surface area (TPSA) is 9.23 Å². The van der Waals surface area contributed by atoms with Crippen molar-refractivity contribution in [3.05, 3.63) is 0 Å². The normalized spacial score (nSPS) is 29.6. The van der Waals surface area contributed by atoms with E-state index in [-0.39, 0.29) is 10.9 Å². The minimum atomic E-state index is -2.71. The molecule has 0 aromatic rings. The third-order valence-electron chi connectivity index (χ3n) is 2.67. The van der Waals surface area contributed by atoms with Crippen LogP contribution in [0.5, 0.6) is 0 Å². The maximum Gasteiger partial charge on any atom is 0.268 e. The van der Waals surface area contributed by atoms with Crippen molar-refractivity contribution in [1.29, 1.82) is 0 Å². The van der Waals surface area contributed by atoms with Crippen molar-refractivity contribution >= 4 is 15.9 Å². The maximum atomic E-state index is 12.6. The predicted octanol–water partition coefficient (Wildman–Crippen LogP) is 4.14. The van der Waals surface area contributed by atoms with Crippen LogP contribution in [-0.2, 0) is 4.74 Å². The van der Waals surface area contributed by atoms with Crippen LogP contribution in [0.4, 0.5) is 8.78 Å². The zero-order valence-corrected chi connectivity index (χ0v) is 10.7. The van der Waals surface area contributed by atoms with Gasteiger partial charge >= 0.3 is 0 Å². The first kappa shape index (κ1) is 13.4. The van der Waals surface area contributed by atoms with E-state index < -0.39 is 12.5 Å². The molecule has 0 bridgehead atoms. The van der Waals surface area contributed by atoms with Gasteiger partial charge < -0.3 is 4.74 Å². The van der Waals surface area contributed by atoms with Crippen LogP contribution in [0.3, 0.4) is 0 Å². The SMILES string of the molecule is CC(F)(F)COC1CCCCCCC1Br. The second-order valence-electron chi connectivity index (χ2n) is 4.43. The molecule has 15 heavy (non-hydrogen) atoms. The quantitative estimate of drug-likeness (QED) is 0.708. The van der Waals surface area contributed by atoms with Gasteiger partial charge in [-0.15, -0.1) is 0 Å². The molecule has 90 valence electrons. The zero-order chi connectivity index (χ0) is 11.3. The Labute approximate surface area is 98.7 Å². The molecule has 0 aromatic heterocycles. The average molecular weight is 285 g/mol. The van der Waals surface area contributed by atoms with Gasteiger partial charge in [-0.25, -0.2) is 8.78 Å². The van der Waals surface area contributed by atoms with Crippen molar-refractivity contribution in [3.8, 4) is 0 Å². The Kier molecular flexibility index (Phi) is 5.47. The van der Waals surface area contributed by atoms with E-state index in [4.69, 9.17) is 4.74 Å². The van der Waals surface area contributed by atoms with E-state index in [1.54, 1.807) is 0 Å². The molecule has 1 saturated carbocycles. The summed E-state index contributed by atoms with van der Waals surface area (Å²) in [5.74, 6) is -2.71. The first-order valence-electron chi connectivity index (χ1n) is 5.62. The van der Waals surface area contributed by atoms with Gasteiger partial charge in [0.1, 0.15) is 6.61 Å². The lowest BCUT2D eigenvalue weighted by Crippen LogP contribution is -2.30. The summed E-state index contributed by atoms with van der Waals surface area (Å²) in [6, 6.07) is 0. The van der Waals surface area contributed by atoms with Crippen molar-refractivity contribution in [2.45, 2.75) is 62.3 Å². The number of halogens is 3. The van der Waals surface area contributed by atoms with Crippen LogP contribution in [0, 0.1) is 0 Å². The van der Waals surface area contributed by atoms with Crippen molar-refractivity contribution in [2.24, 2.45) is 0 Å². The van der Waals surface area contributed by atoms with Crippen LogP contribution in [0.2, 0.25) is 0 Å². The van der Waals surface area contributed by atoms with Gasteiger partial charge in [-0.3, -0.25) is 0 Å². The predicted molar refractivity (Wildman–Crippen MR) is 60.8 cm³/mol. The first-order chi connectivity index (χ1) is 6.99. The molecule has 0 aliphatic heterocycles. The smallest absolute Gasteiger partial charge is 0.268 e. The van der Waals surface area contributed by atoms with Crippen molar-refractivity contribution in [2.75, 3.05) is 6.61 Å². The Morgan fingerprint density at radius 2 is 1.80 bits per heavy atom. The van der Waals surface area contributed by atoms with E-state index in [1.165, 1.54) is 12.8 Å². The summed E-state index contributed by atoms with van der Waals surface area (Å²) in [5.41, 5.74) is 0. The molecule has 1 nitrogen and oxygen atoms in total. The lowest BCUT2D eigenvalue weighted by Gasteiger charge is -2.26. The lowest BCUT2D eigenvalue weighted by molar-refractivity contribution is -0.0898. The molecule has 2 unspecified atom stereocenters. The molecule has 4 heteroatoms. The summed E-state index contributed by atoms with van der Waals surface area (Å²) in [7, 11) is 0. The molecule has 0 N–H and O–H groups in total. The number of hydrogen-bond donors (Lipinski definition) is 0. The fourth-order valence-corrected chi connectivity index (χ4v) is 2.59. The third kappa shape index (κ3) is 5.81. The van der Waals surface area contributed by atoms with Gasteiger partial charge in [0.25, 0.3) is 5.92 Å². The molecule has 0 heterocycles. The first-order valence-corrected chi connectivity index (χ1v) is 6.54. The van der Waals surface area contributed by atoms with Gasteiger partial charge in [-0.1, -0.05) is 41.6 Å². The molecule has 1 aliphatic rings. The van der Waals surface area contributed by atoms with Gasteiger partial charge in [-0.2, -0.15) is 0 Å². The standard InChI is InChI=1S/C11H19BrF2O/c1-11(13,14)8-15-10-7-5-3-2-4-6-9(10)12/h9-10H,2-8H2,1H3. The molecule has 0 saturated heterocycles. The second-order valence-corrected chi connectivity index (χ2v) is 5.60. The number of alkyl halides is 3. The summed E-state index contributed by atoms with van der Waals surface area (Å²) in [6.07, 6.45) is 6.57. The largest absolute Gasteiger partial charge is 0.371 e. The molecule has 1 rings (SSSR count). The molecular formula is C11H19BrF2O. The second kappa shape index (κ2) is 6.14. The summed E-state index contributed by atoms with van der Waals surface area (Å²) in [4.78, 5) is 0.236. The zero-order valence-electron chi connectivity index (χ0n) is 9.15. The molecule has 1 fully saturated rings. The van der Waals surface area contributed by atoms with Crippen molar-refractivity contribution in [1.82, 2.24) is 0 Å². The van der Waals surface area contributed by atoms with Crippen LogP contribution >= 0.6 is 15.9 Å². The average Bonchev–Trinajstić information content (AvgIpc) is 2.09. The lowest BCUT2D eigenvalue weighted by atomic mass is 9.98. The fraction of sp³-hybridized carbons (Fsp3) is 1.00. The number of hydrogen-bond acceptors (Lipinski definition) is 1. The van der Waals surface area contributed by atoms with Crippen molar-refractivity contribution in [3.63, 3.8) is 0 Å². The van der Waals surface area contributed by atoms with Crippen LogP contribution in [-0.4, -0.2) is 23.5 Å². The van der Waals surface area contributed by atoms with Crippen LogP contribution in [0.1, 0.15) is 45.4 Å². The Morgan fingerprint density at radius 1 is 1.20 bits per heavy atom. The van der Waals surface area contributed by atoms with Crippen LogP contribution in [0.25, 0.3) is 0 Å². The van der Waals surface area contributed by atoms with E-state index >= 15 is 0 Å². The summed E-state index contributed by atoms with van der Waals surface area (Å²) >= 11 is 3.54. The Morgan fingerprint density at radius 3 is 2.40 bits per heavy atom. The van der Waals surface area contributed by atoms with Gasteiger partial charge in [0.05, 0.1) is 6.10 Å². The molecule has 0 radical (unpaired) electrons. The highest BCUT2D eigenvalue weighted by molar-refractivity contribution is 9.09. The molecule has 0 amide bonds. The van der Waals surface area contributed by atoms with E-state index in [1.807, 2.05) is 0 Å².